The number of alkyl halides is 3. The summed E-state index contributed by atoms with van der Waals surface area (Å²) in [6.07, 6.45) is 2.51. The number of nitrogens with zero attached hydrogens (tertiary/aromatic N) is 2. The Morgan fingerprint density at radius 2 is 1.83 bits per heavy atom. The number of fused-ring (bicyclic) bond motifs is 1. The van der Waals surface area contributed by atoms with E-state index in [4.69, 9.17) is 0 Å². The van der Waals surface area contributed by atoms with Gasteiger partial charge in [-0.15, -0.1) is 0 Å². The second kappa shape index (κ2) is 4.09. The first-order valence-corrected chi connectivity index (χ1v) is 5.92. The van der Waals surface area contributed by atoms with Crippen LogP contribution in [0.4, 0.5) is 13.2 Å². The maximum absolute atomic E-state index is 12.2. The van der Waals surface area contributed by atoms with E-state index in [2.05, 4.69) is 14.2 Å². The lowest BCUT2D eigenvalue weighted by Gasteiger charge is -2.09. The van der Waals surface area contributed by atoms with E-state index < -0.39 is 21.5 Å². The molecule has 0 unspecified atom stereocenters. The Morgan fingerprint density at radius 3 is 2.50 bits per heavy atom. The number of hydrogen-bond acceptors (Lipinski definition) is 5. The predicted octanol–water partition coefficient (Wildman–Crippen LogP) is 1.86. The maximum atomic E-state index is 12.2. The molecule has 0 atom stereocenters. The van der Waals surface area contributed by atoms with Crippen molar-refractivity contribution >= 4 is 21.0 Å². The zero-order valence-electron chi connectivity index (χ0n) is 8.55. The number of halogens is 3. The van der Waals surface area contributed by atoms with E-state index in [0.717, 1.165) is 6.20 Å². The third-order valence-electron chi connectivity index (χ3n) is 1.97. The smallest absolute Gasteiger partial charge is 0.355 e. The Kier molecular flexibility index (Phi) is 2.85. The molecule has 2 aromatic rings. The summed E-state index contributed by atoms with van der Waals surface area (Å²) in [7, 11) is -5.73. The first kappa shape index (κ1) is 12.6. The normalized spacial score (nSPS) is 12.6. The zero-order chi connectivity index (χ0) is 13.4. The monoisotopic (exact) mass is 278 g/mol. The van der Waals surface area contributed by atoms with E-state index in [1.54, 1.807) is 0 Å². The Morgan fingerprint density at radius 1 is 1.11 bits per heavy atom. The van der Waals surface area contributed by atoms with Crippen molar-refractivity contribution in [2.75, 3.05) is 0 Å². The van der Waals surface area contributed by atoms with Crippen molar-refractivity contribution in [3.8, 4) is 5.88 Å². The molecular formula is C9H5F3N2O3S. The topological polar surface area (TPSA) is 69.2 Å². The van der Waals surface area contributed by atoms with E-state index in [-0.39, 0.29) is 10.9 Å². The standard InChI is InChI=1S/C9H5F3N2O3S/c10-9(11,12)18(15,16)17-8-6-2-1-4-13-7(6)3-5-14-8/h1-5H. The Labute approximate surface area is 99.4 Å². The van der Waals surface area contributed by atoms with Crippen LogP contribution in [0, 0.1) is 0 Å². The van der Waals surface area contributed by atoms with Crippen LogP contribution >= 0.6 is 0 Å². The Hall–Kier alpha value is -1.90. The van der Waals surface area contributed by atoms with Crippen LogP contribution in [0.3, 0.4) is 0 Å². The molecular weight excluding hydrogens is 273 g/mol. The third kappa shape index (κ3) is 2.21. The van der Waals surface area contributed by atoms with Gasteiger partial charge in [0.25, 0.3) is 0 Å². The van der Waals surface area contributed by atoms with Crippen molar-refractivity contribution in [2.24, 2.45) is 0 Å². The van der Waals surface area contributed by atoms with Gasteiger partial charge in [-0.3, -0.25) is 4.98 Å². The summed E-state index contributed by atoms with van der Waals surface area (Å²) in [6, 6.07) is 4.20. The van der Waals surface area contributed by atoms with Gasteiger partial charge in [0.15, 0.2) is 0 Å². The molecule has 0 bridgehead atoms. The van der Waals surface area contributed by atoms with Gasteiger partial charge in [0.05, 0.1) is 10.9 Å². The average Bonchev–Trinajstić information content (AvgIpc) is 2.27. The number of pyridine rings is 2. The fourth-order valence-corrected chi connectivity index (χ4v) is 1.63. The summed E-state index contributed by atoms with van der Waals surface area (Å²) in [6.45, 7) is 0. The van der Waals surface area contributed by atoms with Crippen molar-refractivity contribution in [2.45, 2.75) is 5.51 Å². The van der Waals surface area contributed by atoms with Crippen LogP contribution in [0.25, 0.3) is 10.9 Å². The molecule has 2 rings (SSSR count). The molecule has 0 aliphatic rings. The fourth-order valence-electron chi connectivity index (χ4n) is 1.19. The van der Waals surface area contributed by atoms with Crippen LogP contribution in [0.15, 0.2) is 30.6 Å². The lowest BCUT2D eigenvalue weighted by molar-refractivity contribution is -0.0500. The molecule has 0 saturated carbocycles. The van der Waals surface area contributed by atoms with Crippen molar-refractivity contribution in [3.63, 3.8) is 0 Å². The SMILES string of the molecule is O=S(=O)(Oc1nccc2ncccc12)C(F)(F)F. The quantitative estimate of drug-likeness (QED) is 0.619. The van der Waals surface area contributed by atoms with Crippen molar-refractivity contribution < 1.29 is 25.8 Å². The molecule has 2 heterocycles. The maximum Gasteiger partial charge on any atom is 0.534 e. The molecule has 0 saturated heterocycles. The van der Waals surface area contributed by atoms with E-state index in [9.17, 15) is 21.6 Å². The molecule has 0 aliphatic carbocycles. The number of rotatable bonds is 2. The third-order valence-corrected chi connectivity index (χ3v) is 2.91. The molecule has 0 N–H and O–H groups in total. The van der Waals surface area contributed by atoms with Gasteiger partial charge in [0, 0.05) is 12.4 Å². The van der Waals surface area contributed by atoms with Gasteiger partial charge >= 0.3 is 15.6 Å². The minimum Gasteiger partial charge on any atom is -0.355 e. The predicted molar refractivity (Wildman–Crippen MR) is 55.1 cm³/mol. The van der Waals surface area contributed by atoms with Crippen molar-refractivity contribution in [1.82, 2.24) is 9.97 Å². The van der Waals surface area contributed by atoms with Gasteiger partial charge in [-0.25, -0.2) is 4.98 Å². The molecule has 0 aromatic carbocycles. The largest absolute Gasteiger partial charge is 0.534 e. The number of aromatic nitrogens is 2. The first-order chi connectivity index (χ1) is 8.31. The van der Waals surface area contributed by atoms with E-state index in [0.29, 0.717) is 0 Å². The summed E-state index contributed by atoms with van der Waals surface area (Å²) in [4.78, 5) is 7.30. The molecule has 0 spiro atoms. The molecule has 0 aliphatic heterocycles. The highest BCUT2D eigenvalue weighted by molar-refractivity contribution is 7.88. The summed E-state index contributed by atoms with van der Waals surface area (Å²) in [5.41, 5.74) is -5.22. The molecule has 0 amide bonds. The van der Waals surface area contributed by atoms with E-state index >= 15 is 0 Å². The highest BCUT2D eigenvalue weighted by atomic mass is 32.2. The first-order valence-electron chi connectivity index (χ1n) is 4.52. The summed E-state index contributed by atoms with van der Waals surface area (Å²) in [5.74, 6) is -0.655. The minimum atomic E-state index is -5.73. The van der Waals surface area contributed by atoms with E-state index in [1.165, 1.54) is 24.4 Å². The van der Waals surface area contributed by atoms with Crippen LogP contribution in [0.1, 0.15) is 0 Å². The summed E-state index contributed by atoms with van der Waals surface area (Å²) >= 11 is 0. The second-order valence-corrected chi connectivity index (χ2v) is 4.71. The van der Waals surface area contributed by atoms with Crippen LogP contribution < -0.4 is 4.18 Å². The second-order valence-electron chi connectivity index (χ2n) is 3.17. The van der Waals surface area contributed by atoms with Gasteiger partial charge in [0.2, 0.25) is 5.88 Å². The molecule has 2 aromatic heterocycles. The lowest BCUT2D eigenvalue weighted by Crippen LogP contribution is -2.28. The van der Waals surface area contributed by atoms with Gasteiger partial charge in [-0.1, -0.05) is 0 Å². The molecule has 5 nitrogen and oxygen atoms in total. The van der Waals surface area contributed by atoms with Gasteiger partial charge < -0.3 is 4.18 Å². The molecule has 18 heavy (non-hydrogen) atoms. The zero-order valence-corrected chi connectivity index (χ0v) is 9.36. The summed E-state index contributed by atoms with van der Waals surface area (Å²) in [5, 5.41) is 0.0767. The molecule has 96 valence electrons. The minimum absolute atomic E-state index is 0.0767. The van der Waals surface area contributed by atoms with Crippen LogP contribution in [-0.4, -0.2) is 23.9 Å². The Bertz CT molecular complexity index is 680. The highest BCUT2D eigenvalue weighted by Crippen LogP contribution is 2.29. The highest BCUT2D eigenvalue weighted by Gasteiger charge is 2.49. The molecule has 0 radical (unpaired) electrons. The Balaban J connectivity index is 2.51. The van der Waals surface area contributed by atoms with E-state index in [1.807, 2.05) is 0 Å². The van der Waals surface area contributed by atoms with Gasteiger partial charge in [-0.05, 0) is 18.2 Å². The van der Waals surface area contributed by atoms with Gasteiger partial charge in [0.1, 0.15) is 0 Å². The van der Waals surface area contributed by atoms with Crippen molar-refractivity contribution in [1.29, 1.82) is 0 Å². The lowest BCUT2D eigenvalue weighted by atomic mass is 10.3. The molecule has 9 heteroatoms. The van der Waals surface area contributed by atoms with Crippen molar-refractivity contribution in [3.05, 3.63) is 30.6 Å². The average molecular weight is 278 g/mol. The summed E-state index contributed by atoms with van der Waals surface area (Å²) < 4.78 is 62.2. The van der Waals surface area contributed by atoms with Crippen LogP contribution in [0.2, 0.25) is 0 Å². The fraction of sp³-hybridized carbons (Fsp3) is 0.111. The molecule has 0 fully saturated rings. The van der Waals surface area contributed by atoms with Crippen LogP contribution in [0.5, 0.6) is 5.88 Å². The number of hydrogen-bond donors (Lipinski definition) is 0. The van der Waals surface area contributed by atoms with Gasteiger partial charge in [-0.2, -0.15) is 21.6 Å². The van der Waals surface area contributed by atoms with Crippen LogP contribution in [-0.2, 0) is 10.1 Å².